The van der Waals surface area contributed by atoms with Crippen LogP contribution in [0.5, 0.6) is 0 Å². The molecule has 2 aromatic heterocycles. The Morgan fingerprint density at radius 3 is 2.93 bits per heavy atom. The van der Waals surface area contributed by atoms with Crippen LogP contribution in [0.3, 0.4) is 0 Å². The molecule has 144 valence electrons. The minimum atomic E-state index is 0.00811. The highest BCUT2D eigenvalue weighted by atomic mass is 32.1. The summed E-state index contributed by atoms with van der Waals surface area (Å²) in [5.74, 6) is 0.0173. The summed E-state index contributed by atoms with van der Waals surface area (Å²) in [6.07, 6.45) is 4.40. The topological polar surface area (TPSA) is 62.7 Å². The van der Waals surface area contributed by atoms with Gasteiger partial charge in [-0.1, -0.05) is 6.07 Å². The maximum atomic E-state index is 12.7. The molecule has 0 aliphatic carbocycles. The van der Waals surface area contributed by atoms with Crippen LogP contribution in [0.4, 0.5) is 0 Å². The number of carbonyl (C=O) groups is 2. The average Bonchev–Trinajstić information content (AvgIpc) is 3.35. The summed E-state index contributed by atoms with van der Waals surface area (Å²) >= 11 is 1.49. The number of rotatable bonds is 7. The second-order valence-corrected chi connectivity index (χ2v) is 7.79. The monoisotopic (exact) mass is 387 g/mol. The molecule has 1 atom stereocenters. The lowest BCUT2D eigenvalue weighted by atomic mass is 10.2. The number of carbonyl (C=O) groups excluding carboxylic acids is 2. The van der Waals surface area contributed by atoms with E-state index in [1.54, 1.807) is 11.1 Å². The number of thiophene rings is 1. The zero-order chi connectivity index (χ0) is 19.2. The molecule has 1 unspecified atom stereocenters. The van der Waals surface area contributed by atoms with Crippen LogP contribution in [0.2, 0.25) is 0 Å². The Kier molecular flexibility index (Phi) is 6.58. The molecule has 0 bridgehead atoms. The predicted octanol–water partition coefficient (Wildman–Crippen LogP) is 2.77. The normalized spacial score (nSPS) is 16.5. The van der Waals surface area contributed by atoms with Crippen LogP contribution in [0.25, 0.3) is 0 Å². The number of pyridine rings is 1. The van der Waals surface area contributed by atoms with Gasteiger partial charge in [-0.2, -0.15) is 0 Å². The lowest BCUT2D eigenvalue weighted by Gasteiger charge is -2.23. The molecule has 0 N–H and O–H groups in total. The van der Waals surface area contributed by atoms with Gasteiger partial charge >= 0.3 is 0 Å². The number of amides is 2. The van der Waals surface area contributed by atoms with Gasteiger partial charge in [0, 0.05) is 50.4 Å². The van der Waals surface area contributed by atoms with Crippen LogP contribution < -0.4 is 0 Å². The van der Waals surface area contributed by atoms with Crippen molar-refractivity contribution in [3.05, 3.63) is 52.0 Å². The number of hydrogen-bond donors (Lipinski definition) is 0. The van der Waals surface area contributed by atoms with Gasteiger partial charge in [-0.15, -0.1) is 11.3 Å². The molecule has 27 heavy (non-hydrogen) atoms. The molecule has 7 heteroatoms. The number of likely N-dealkylation sites (tertiary alicyclic amines) is 1. The molecule has 3 rings (SSSR count). The van der Waals surface area contributed by atoms with Crippen molar-refractivity contribution in [3.63, 3.8) is 0 Å². The Hall–Kier alpha value is -2.25. The first-order chi connectivity index (χ1) is 13.1. The lowest BCUT2D eigenvalue weighted by molar-refractivity contribution is -0.136. The first-order valence-electron chi connectivity index (χ1n) is 9.13. The minimum Gasteiger partial charge on any atom is -0.375 e. The fraction of sp³-hybridized carbons (Fsp3) is 0.450. The Labute approximate surface area is 163 Å². The number of methoxy groups -OCH3 is 1. The van der Waals surface area contributed by atoms with E-state index in [9.17, 15) is 9.59 Å². The third kappa shape index (κ3) is 4.73. The number of aromatic nitrogens is 1. The lowest BCUT2D eigenvalue weighted by Crippen LogP contribution is -2.33. The molecule has 0 saturated carbocycles. The molecule has 0 aromatic carbocycles. The van der Waals surface area contributed by atoms with Gasteiger partial charge < -0.3 is 14.5 Å². The fourth-order valence-electron chi connectivity index (χ4n) is 3.33. The summed E-state index contributed by atoms with van der Waals surface area (Å²) in [5.41, 5.74) is 0.974. The summed E-state index contributed by atoms with van der Waals surface area (Å²) in [5, 5.41) is 0. The molecular weight excluding hydrogens is 362 g/mol. The van der Waals surface area contributed by atoms with Gasteiger partial charge in [0.05, 0.1) is 10.9 Å². The van der Waals surface area contributed by atoms with E-state index in [0.717, 1.165) is 36.4 Å². The van der Waals surface area contributed by atoms with E-state index >= 15 is 0 Å². The molecule has 0 radical (unpaired) electrons. The van der Waals surface area contributed by atoms with Gasteiger partial charge in [0.2, 0.25) is 5.91 Å². The van der Waals surface area contributed by atoms with Crippen LogP contribution in [0, 0.1) is 0 Å². The zero-order valence-corrected chi connectivity index (χ0v) is 16.6. The Morgan fingerprint density at radius 1 is 1.33 bits per heavy atom. The highest BCUT2D eigenvalue weighted by Crippen LogP contribution is 2.36. The van der Waals surface area contributed by atoms with Crippen LogP contribution >= 0.6 is 11.3 Å². The second-order valence-electron chi connectivity index (χ2n) is 6.68. The molecule has 3 heterocycles. The fourth-order valence-corrected chi connectivity index (χ4v) is 4.48. The van der Waals surface area contributed by atoms with Crippen LogP contribution in [0.15, 0.2) is 36.5 Å². The molecular formula is C20H25N3O3S. The minimum absolute atomic E-state index is 0.00811. The standard InChI is InChI=1S/C20H25N3O3S/c1-22(13-10-15-6-3-4-11-21-15)20(25)18-9-8-17(27-18)16-7-5-12-23(16)19(24)14-26-2/h3-4,6,8-9,11,16H,5,7,10,12-14H2,1-2H3. The quantitative estimate of drug-likeness (QED) is 0.733. The highest BCUT2D eigenvalue weighted by Gasteiger charge is 2.31. The van der Waals surface area contributed by atoms with Crippen molar-refractivity contribution in [2.45, 2.75) is 25.3 Å². The van der Waals surface area contributed by atoms with Gasteiger partial charge in [0.25, 0.3) is 5.91 Å². The number of likely N-dealkylation sites (N-methyl/N-ethyl adjacent to an activating group) is 1. The molecule has 2 aromatic rings. The Bertz CT molecular complexity index is 778. The molecule has 1 saturated heterocycles. The Morgan fingerprint density at radius 2 is 2.19 bits per heavy atom. The van der Waals surface area contributed by atoms with E-state index in [-0.39, 0.29) is 24.5 Å². The van der Waals surface area contributed by atoms with E-state index in [0.29, 0.717) is 11.4 Å². The molecule has 1 aliphatic rings. The van der Waals surface area contributed by atoms with Crippen molar-refractivity contribution in [2.75, 3.05) is 33.9 Å². The molecule has 1 aliphatic heterocycles. The van der Waals surface area contributed by atoms with Crippen LogP contribution in [-0.2, 0) is 16.0 Å². The first-order valence-corrected chi connectivity index (χ1v) is 9.95. The van der Waals surface area contributed by atoms with Gasteiger partial charge in [-0.05, 0) is 37.1 Å². The van der Waals surface area contributed by atoms with E-state index in [1.165, 1.54) is 18.4 Å². The Balaban J connectivity index is 1.62. The maximum Gasteiger partial charge on any atom is 0.263 e. The molecule has 6 nitrogen and oxygen atoms in total. The maximum absolute atomic E-state index is 12.7. The van der Waals surface area contributed by atoms with Crippen molar-refractivity contribution < 1.29 is 14.3 Å². The van der Waals surface area contributed by atoms with Crippen LogP contribution in [0.1, 0.15) is 39.1 Å². The average molecular weight is 388 g/mol. The van der Waals surface area contributed by atoms with E-state index < -0.39 is 0 Å². The molecule has 0 spiro atoms. The summed E-state index contributed by atoms with van der Waals surface area (Å²) in [6, 6.07) is 9.71. The molecule has 2 amide bonds. The van der Waals surface area contributed by atoms with Gasteiger partial charge in [-0.3, -0.25) is 14.6 Å². The first kappa shape index (κ1) is 19.5. The number of hydrogen-bond acceptors (Lipinski definition) is 5. The smallest absolute Gasteiger partial charge is 0.263 e. The zero-order valence-electron chi connectivity index (χ0n) is 15.8. The summed E-state index contributed by atoms with van der Waals surface area (Å²) in [6.45, 7) is 1.47. The number of nitrogens with zero attached hydrogens (tertiary/aromatic N) is 3. The van der Waals surface area contributed by atoms with Crippen molar-refractivity contribution in [2.24, 2.45) is 0 Å². The van der Waals surface area contributed by atoms with Crippen LogP contribution in [-0.4, -0.2) is 60.5 Å². The second kappa shape index (κ2) is 9.10. The van der Waals surface area contributed by atoms with Gasteiger partial charge in [0.1, 0.15) is 6.61 Å². The van der Waals surface area contributed by atoms with Gasteiger partial charge in [0.15, 0.2) is 0 Å². The summed E-state index contributed by atoms with van der Waals surface area (Å²) in [7, 11) is 3.35. The predicted molar refractivity (Wildman–Crippen MR) is 105 cm³/mol. The van der Waals surface area contributed by atoms with E-state index in [4.69, 9.17) is 4.74 Å². The third-order valence-corrected chi connectivity index (χ3v) is 5.96. The van der Waals surface area contributed by atoms with Gasteiger partial charge in [-0.25, -0.2) is 0 Å². The highest BCUT2D eigenvalue weighted by molar-refractivity contribution is 7.14. The molecule has 1 fully saturated rings. The van der Waals surface area contributed by atoms with E-state index in [2.05, 4.69) is 4.98 Å². The SMILES string of the molecule is COCC(=O)N1CCCC1c1ccc(C(=O)N(C)CCc2ccccn2)s1. The van der Waals surface area contributed by atoms with Crippen molar-refractivity contribution in [1.29, 1.82) is 0 Å². The van der Waals surface area contributed by atoms with Crippen molar-refractivity contribution >= 4 is 23.2 Å². The summed E-state index contributed by atoms with van der Waals surface area (Å²) in [4.78, 5) is 34.6. The van der Waals surface area contributed by atoms with Crippen molar-refractivity contribution in [3.8, 4) is 0 Å². The van der Waals surface area contributed by atoms with Crippen molar-refractivity contribution in [1.82, 2.24) is 14.8 Å². The number of ether oxygens (including phenoxy) is 1. The summed E-state index contributed by atoms with van der Waals surface area (Å²) < 4.78 is 4.98. The largest absolute Gasteiger partial charge is 0.375 e. The third-order valence-electron chi connectivity index (χ3n) is 4.78. The van der Waals surface area contributed by atoms with E-state index in [1.807, 2.05) is 42.3 Å².